The van der Waals surface area contributed by atoms with Gasteiger partial charge in [0.2, 0.25) is 0 Å². The van der Waals surface area contributed by atoms with Crippen LogP contribution in [0.3, 0.4) is 0 Å². The van der Waals surface area contributed by atoms with E-state index in [0.717, 1.165) is 31.8 Å². The van der Waals surface area contributed by atoms with Gasteiger partial charge in [-0.15, -0.1) is 11.3 Å². The van der Waals surface area contributed by atoms with Gasteiger partial charge in [0.05, 0.1) is 0 Å². The first-order valence-electron chi connectivity index (χ1n) is 8.06. The lowest BCUT2D eigenvalue weighted by Gasteiger charge is -2.16. The van der Waals surface area contributed by atoms with Crippen LogP contribution in [0.5, 0.6) is 5.75 Å². The molecule has 0 saturated carbocycles. The maximum absolute atomic E-state index is 12.0. The number of allylic oxidation sites excluding steroid dienone is 1. The third-order valence-corrected chi connectivity index (χ3v) is 5.54. The highest BCUT2D eigenvalue weighted by Gasteiger charge is 2.12. The van der Waals surface area contributed by atoms with E-state index in [2.05, 4.69) is 46.7 Å². The van der Waals surface area contributed by atoms with Crippen LogP contribution >= 0.6 is 27.3 Å². The number of rotatable bonds is 7. The van der Waals surface area contributed by atoms with Gasteiger partial charge in [-0.1, -0.05) is 35.8 Å². The minimum absolute atomic E-state index is 0.0420. The molecule has 0 aliphatic rings. The number of halogens is 1. The summed E-state index contributed by atoms with van der Waals surface area (Å²) in [4.78, 5) is 13.1. The molecule has 1 heterocycles. The van der Waals surface area contributed by atoms with Crippen LogP contribution in [0.2, 0.25) is 0 Å². The Kier molecular flexibility index (Phi) is 7.08. The van der Waals surface area contributed by atoms with Gasteiger partial charge in [-0.2, -0.15) is 0 Å². The van der Waals surface area contributed by atoms with E-state index in [1.807, 2.05) is 37.4 Å². The van der Waals surface area contributed by atoms with E-state index < -0.39 is 0 Å². The van der Waals surface area contributed by atoms with E-state index in [-0.39, 0.29) is 12.5 Å². The Morgan fingerprint density at radius 1 is 1.40 bits per heavy atom. The highest BCUT2D eigenvalue weighted by molar-refractivity contribution is 9.10. The average Bonchev–Trinajstić information content (AvgIpc) is 3.09. The fourth-order valence-electron chi connectivity index (χ4n) is 2.22. The minimum Gasteiger partial charge on any atom is -0.483 e. The number of carbonyl (C=O) groups excluding carboxylic acids is 1. The quantitative estimate of drug-likeness (QED) is 0.616. The van der Waals surface area contributed by atoms with Crippen molar-refractivity contribution in [1.82, 2.24) is 10.9 Å². The first kappa shape index (κ1) is 19.5. The predicted octanol–water partition coefficient (Wildman–Crippen LogP) is 5.00. The van der Waals surface area contributed by atoms with Gasteiger partial charge in [-0.3, -0.25) is 10.2 Å². The molecule has 4 nitrogen and oxygen atoms in total. The third-order valence-electron chi connectivity index (χ3n) is 3.68. The molecule has 0 bridgehead atoms. The standard InChI is InChI=1S/C19H23BrN2O2S/c1-12(2)15-9-16(20)13(3)8-17(15)24-11-19(23)22-21-10-14(4)18-6-5-7-25-18/h5-10,12,21H,11H2,1-4H3,(H,22,23). The first-order chi connectivity index (χ1) is 11.9. The van der Waals surface area contributed by atoms with Gasteiger partial charge in [-0.05, 0) is 60.0 Å². The number of amides is 1. The van der Waals surface area contributed by atoms with Gasteiger partial charge in [0.1, 0.15) is 5.75 Å². The summed E-state index contributed by atoms with van der Waals surface area (Å²) in [6, 6.07) is 8.04. The molecule has 0 atom stereocenters. The van der Waals surface area contributed by atoms with Crippen LogP contribution in [-0.4, -0.2) is 12.5 Å². The summed E-state index contributed by atoms with van der Waals surface area (Å²) in [5, 5.41) is 2.02. The molecule has 0 radical (unpaired) electrons. The van der Waals surface area contributed by atoms with Gasteiger partial charge in [0.15, 0.2) is 6.61 Å². The normalized spacial score (nSPS) is 11.5. The number of hydrogen-bond acceptors (Lipinski definition) is 4. The van der Waals surface area contributed by atoms with E-state index in [0.29, 0.717) is 5.92 Å². The molecule has 0 unspecified atom stereocenters. The molecule has 0 spiro atoms. The highest BCUT2D eigenvalue weighted by Crippen LogP contribution is 2.32. The minimum atomic E-state index is -0.231. The average molecular weight is 423 g/mol. The molecule has 0 aliphatic carbocycles. The zero-order valence-corrected chi connectivity index (χ0v) is 17.3. The number of aryl methyl sites for hydroxylation is 1. The molecule has 2 aromatic rings. The summed E-state index contributed by atoms with van der Waals surface area (Å²) in [7, 11) is 0. The van der Waals surface area contributed by atoms with Crippen molar-refractivity contribution in [3.8, 4) is 5.75 Å². The van der Waals surface area contributed by atoms with Crippen molar-refractivity contribution >= 4 is 38.7 Å². The number of nitrogens with one attached hydrogen (secondary N) is 2. The molecule has 0 fully saturated rings. The van der Waals surface area contributed by atoms with Crippen LogP contribution in [0.15, 0.2) is 40.3 Å². The number of carbonyl (C=O) groups is 1. The monoisotopic (exact) mass is 422 g/mol. The molecular formula is C19H23BrN2O2S. The first-order valence-corrected chi connectivity index (χ1v) is 9.73. The predicted molar refractivity (Wildman–Crippen MR) is 108 cm³/mol. The third kappa shape index (κ3) is 5.61. The second-order valence-corrected chi connectivity index (χ2v) is 7.88. The largest absolute Gasteiger partial charge is 0.483 e. The molecule has 1 aromatic carbocycles. The molecule has 6 heteroatoms. The SMILES string of the molecule is CC(=CNNC(=O)COc1cc(C)c(Br)cc1C(C)C)c1cccs1. The van der Waals surface area contributed by atoms with Crippen molar-refractivity contribution in [3.63, 3.8) is 0 Å². The maximum atomic E-state index is 12.0. The molecular weight excluding hydrogens is 400 g/mol. The topological polar surface area (TPSA) is 50.4 Å². The number of thiophene rings is 1. The van der Waals surface area contributed by atoms with Crippen molar-refractivity contribution in [3.05, 3.63) is 56.3 Å². The summed E-state index contributed by atoms with van der Waals surface area (Å²) in [5.41, 5.74) is 8.66. The molecule has 0 saturated heterocycles. The molecule has 25 heavy (non-hydrogen) atoms. The number of hydrazine groups is 1. The Morgan fingerprint density at radius 2 is 2.16 bits per heavy atom. The van der Waals surface area contributed by atoms with E-state index >= 15 is 0 Å². The smallest absolute Gasteiger partial charge is 0.276 e. The summed E-state index contributed by atoms with van der Waals surface area (Å²) >= 11 is 5.20. The zero-order chi connectivity index (χ0) is 18.4. The summed E-state index contributed by atoms with van der Waals surface area (Å²) in [6.07, 6.45) is 1.77. The van der Waals surface area contributed by atoms with E-state index in [1.54, 1.807) is 17.5 Å². The zero-order valence-electron chi connectivity index (χ0n) is 14.9. The maximum Gasteiger partial charge on any atom is 0.276 e. The van der Waals surface area contributed by atoms with Crippen molar-refractivity contribution < 1.29 is 9.53 Å². The lowest BCUT2D eigenvalue weighted by molar-refractivity contribution is -0.123. The van der Waals surface area contributed by atoms with Crippen LogP contribution < -0.4 is 15.6 Å². The van der Waals surface area contributed by atoms with Crippen molar-refractivity contribution in [1.29, 1.82) is 0 Å². The van der Waals surface area contributed by atoms with E-state index in [9.17, 15) is 4.79 Å². The van der Waals surface area contributed by atoms with E-state index in [1.165, 1.54) is 0 Å². The van der Waals surface area contributed by atoms with E-state index in [4.69, 9.17) is 4.74 Å². The Hall–Kier alpha value is -1.79. The molecule has 0 aliphatic heterocycles. The molecule has 1 amide bonds. The van der Waals surface area contributed by atoms with Crippen LogP contribution in [0.25, 0.3) is 5.57 Å². The van der Waals surface area contributed by atoms with Crippen LogP contribution in [0.1, 0.15) is 42.7 Å². The second-order valence-electron chi connectivity index (χ2n) is 6.08. The number of hydrogen-bond donors (Lipinski definition) is 2. The van der Waals surface area contributed by atoms with Gasteiger partial charge in [0.25, 0.3) is 5.91 Å². The molecule has 134 valence electrons. The summed E-state index contributed by atoms with van der Waals surface area (Å²) in [6.45, 7) is 8.15. The number of benzene rings is 1. The van der Waals surface area contributed by atoms with Crippen molar-refractivity contribution in [2.24, 2.45) is 0 Å². The Labute approximate surface area is 161 Å². The van der Waals surface area contributed by atoms with Crippen molar-refractivity contribution in [2.45, 2.75) is 33.6 Å². The van der Waals surface area contributed by atoms with Gasteiger partial charge in [0, 0.05) is 15.5 Å². The Morgan fingerprint density at radius 3 is 2.80 bits per heavy atom. The second kappa shape index (κ2) is 9.06. The fourth-order valence-corrected chi connectivity index (χ4v) is 3.29. The van der Waals surface area contributed by atoms with Crippen molar-refractivity contribution in [2.75, 3.05) is 6.61 Å². The highest BCUT2D eigenvalue weighted by atomic mass is 79.9. The lowest BCUT2D eigenvalue weighted by Crippen LogP contribution is -2.37. The van der Waals surface area contributed by atoms with Gasteiger partial charge < -0.3 is 10.2 Å². The lowest BCUT2D eigenvalue weighted by atomic mass is 10.0. The van der Waals surface area contributed by atoms with Crippen LogP contribution in [0, 0.1) is 6.92 Å². The summed E-state index contributed by atoms with van der Waals surface area (Å²) in [5.74, 6) is 0.825. The molecule has 2 N–H and O–H groups in total. The van der Waals surface area contributed by atoms with Crippen LogP contribution in [-0.2, 0) is 4.79 Å². The summed E-state index contributed by atoms with van der Waals surface area (Å²) < 4.78 is 6.78. The molecule has 2 rings (SSSR count). The Bertz CT molecular complexity index is 755. The number of ether oxygens (including phenoxy) is 1. The Balaban J connectivity index is 1.90. The van der Waals surface area contributed by atoms with Crippen LogP contribution in [0.4, 0.5) is 0 Å². The fraction of sp³-hybridized carbons (Fsp3) is 0.316. The molecule has 1 aromatic heterocycles. The van der Waals surface area contributed by atoms with Gasteiger partial charge in [-0.25, -0.2) is 0 Å². The van der Waals surface area contributed by atoms with Gasteiger partial charge >= 0.3 is 0 Å².